The SMILES string of the molecule is CCCNC(=O)c1ccc2c(c1)[C@H](c1ncn[nH]1)CN2C. The molecule has 1 aromatic heterocycles. The third kappa shape index (κ3) is 2.49. The number of hydrogen-bond acceptors (Lipinski definition) is 4. The molecule has 1 amide bonds. The fraction of sp³-hybridized carbons (Fsp3) is 0.400. The lowest BCUT2D eigenvalue weighted by atomic mass is 9.98. The number of H-pyrrole nitrogens is 1. The molecule has 0 saturated carbocycles. The van der Waals surface area contributed by atoms with Crippen LogP contribution in [-0.4, -0.2) is 41.2 Å². The van der Waals surface area contributed by atoms with Crippen LogP contribution in [-0.2, 0) is 0 Å². The smallest absolute Gasteiger partial charge is 0.251 e. The second kappa shape index (κ2) is 5.55. The number of aromatic amines is 1. The third-order valence-corrected chi connectivity index (χ3v) is 3.83. The molecular formula is C15H19N5O. The number of rotatable bonds is 4. The van der Waals surface area contributed by atoms with Crippen LogP contribution >= 0.6 is 0 Å². The summed E-state index contributed by atoms with van der Waals surface area (Å²) in [6.07, 6.45) is 2.45. The van der Waals surface area contributed by atoms with Crippen molar-refractivity contribution < 1.29 is 4.79 Å². The van der Waals surface area contributed by atoms with Crippen LogP contribution in [0.1, 0.15) is 41.0 Å². The number of aromatic nitrogens is 3. The summed E-state index contributed by atoms with van der Waals surface area (Å²) in [6.45, 7) is 3.57. The topological polar surface area (TPSA) is 73.9 Å². The molecule has 6 nitrogen and oxygen atoms in total. The number of fused-ring (bicyclic) bond motifs is 1. The Balaban J connectivity index is 1.93. The average Bonchev–Trinajstić information content (AvgIpc) is 3.12. The Morgan fingerprint density at radius 2 is 2.38 bits per heavy atom. The second-order valence-electron chi connectivity index (χ2n) is 5.33. The summed E-state index contributed by atoms with van der Waals surface area (Å²) in [5.41, 5.74) is 2.96. The number of likely N-dealkylation sites (N-methyl/N-ethyl adjacent to an activating group) is 1. The van der Waals surface area contributed by atoms with Crippen LogP contribution in [0, 0.1) is 0 Å². The van der Waals surface area contributed by atoms with E-state index in [0.29, 0.717) is 12.1 Å². The Kier molecular flexibility index (Phi) is 3.60. The molecule has 0 fully saturated rings. The van der Waals surface area contributed by atoms with E-state index < -0.39 is 0 Å². The molecule has 2 heterocycles. The van der Waals surface area contributed by atoms with Crippen molar-refractivity contribution in [2.24, 2.45) is 0 Å². The predicted molar refractivity (Wildman–Crippen MR) is 80.6 cm³/mol. The van der Waals surface area contributed by atoms with E-state index >= 15 is 0 Å². The summed E-state index contributed by atoms with van der Waals surface area (Å²) in [7, 11) is 2.05. The quantitative estimate of drug-likeness (QED) is 0.893. The molecule has 0 saturated heterocycles. The summed E-state index contributed by atoms with van der Waals surface area (Å²) in [5, 5.41) is 9.78. The summed E-state index contributed by atoms with van der Waals surface area (Å²) in [6, 6.07) is 5.85. The zero-order valence-electron chi connectivity index (χ0n) is 12.3. The van der Waals surface area contributed by atoms with Crippen LogP contribution in [0.2, 0.25) is 0 Å². The maximum atomic E-state index is 12.1. The van der Waals surface area contributed by atoms with Gasteiger partial charge >= 0.3 is 0 Å². The van der Waals surface area contributed by atoms with Gasteiger partial charge in [0.1, 0.15) is 12.2 Å². The van der Waals surface area contributed by atoms with Crippen molar-refractivity contribution in [3.8, 4) is 0 Å². The first-order valence-electron chi connectivity index (χ1n) is 7.19. The summed E-state index contributed by atoms with van der Waals surface area (Å²) in [4.78, 5) is 18.6. The molecule has 1 aliphatic rings. The van der Waals surface area contributed by atoms with E-state index in [2.05, 4.69) is 25.4 Å². The van der Waals surface area contributed by atoms with Crippen molar-refractivity contribution >= 4 is 11.6 Å². The van der Waals surface area contributed by atoms with E-state index in [0.717, 1.165) is 30.0 Å². The molecule has 0 radical (unpaired) electrons. The van der Waals surface area contributed by atoms with Gasteiger partial charge in [0.2, 0.25) is 0 Å². The Morgan fingerprint density at radius 3 is 3.10 bits per heavy atom. The van der Waals surface area contributed by atoms with Gasteiger partial charge in [-0.25, -0.2) is 4.98 Å². The highest BCUT2D eigenvalue weighted by Crippen LogP contribution is 2.38. The number of amides is 1. The minimum Gasteiger partial charge on any atom is -0.373 e. The molecule has 110 valence electrons. The maximum absolute atomic E-state index is 12.1. The van der Waals surface area contributed by atoms with Crippen molar-refractivity contribution in [3.05, 3.63) is 41.5 Å². The van der Waals surface area contributed by atoms with Crippen molar-refractivity contribution in [1.82, 2.24) is 20.5 Å². The van der Waals surface area contributed by atoms with Gasteiger partial charge in [-0.1, -0.05) is 6.92 Å². The van der Waals surface area contributed by atoms with E-state index in [1.54, 1.807) is 0 Å². The van der Waals surface area contributed by atoms with Gasteiger partial charge in [-0.05, 0) is 30.2 Å². The van der Waals surface area contributed by atoms with Crippen LogP contribution in [0.5, 0.6) is 0 Å². The highest BCUT2D eigenvalue weighted by Gasteiger charge is 2.30. The van der Waals surface area contributed by atoms with E-state index in [1.165, 1.54) is 6.33 Å². The Bertz CT molecular complexity index is 638. The largest absolute Gasteiger partial charge is 0.373 e. The van der Waals surface area contributed by atoms with Gasteiger partial charge in [0.15, 0.2) is 0 Å². The Morgan fingerprint density at radius 1 is 1.52 bits per heavy atom. The number of hydrogen-bond donors (Lipinski definition) is 2. The lowest BCUT2D eigenvalue weighted by Crippen LogP contribution is -2.24. The van der Waals surface area contributed by atoms with E-state index in [4.69, 9.17) is 0 Å². The van der Waals surface area contributed by atoms with E-state index in [-0.39, 0.29) is 11.8 Å². The molecule has 6 heteroatoms. The first-order valence-corrected chi connectivity index (χ1v) is 7.19. The van der Waals surface area contributed by atoms with Crippen LogP contribution in [0.4, 0.5) is 5.69 Å². The first-order chi connectivity index (χ1) is 10.2. The van der Waals surface area contributed by atoms with Gasteiger partial charge in [-0.2, -0.15) is 5.10 Å². The maximum Gasteiger partial charge on any atom is 0.251 e. The molecule has 21 heavy (non-hydrogen) atoms. The highest BCUT2D eigenvalue weighted by atomic mass is 16.1. The van der Waals surface area contributed by atoms with Crippen LogP contribution in [0.15, 0.2) is 24.5 Å². The van der Waals surface area contributed by atoms with Gasteiger partial charge in [0.05, 0.1) is 5.92 Å². The van der Waals surface area contributed by atoms with Crippen molar-refractivity contribution in [2.75, 3.05) is 25.0 Å². The molecule has 1 atom stereocenters. The van der Waals surface area contributed by atoms with Crippen molar-refractivity contribution in [1.29, 1.82) is 0 Å². The Labute approximate surface area is 123 Å². The molecule has 0 bridgehead atoms. The molecule has 1 aromatic carbocycles. The summed E-state index contributed by atoms with van der Waals surface area (Å²) < 4.78 is 0. The standard InChI is InChI=1S/C15H19N5O/c1-3-6-16-15(21)10-4-5-13-11(7-10)12(8-20(13)2)14-17-9-18-19-14/h4-5,7,9,12H,3,6,8H2,1-2H3,(H,16,21)(H,17,18,19)/t12-/m1/s1. The highest BCUT2D eigenvalue weighted by molar-refractivity contribution is 5.95. The molecule has 0 unspecified atom stereocenters. The van der Waals surface area contributed by atoms with Crippen LogP contribution in [0.3, 0.4) is 0 Å². The Hall–Kier alpha value is -2.37. The van der Waals surface area contributed by atoms with Gasteiger partial charge in [-0.15, -0.1) is 0 Å². The van der Waals surface area contributed by atoms with Crippen LogP contribution < -0.4 is 10.2 Å². The zero-order valence-corrected chi connectivity index (χ0v) is 12.3. The fourth-order valence-corrected chi connectivity index (χ4v) is 2.75. The number of nitrogens with one attached hydrogen (secondary N) is 2. The minimum atomic E-state index is -0.0227. The number of carbonyl (C=O) groups is 1. The molecule has 1 aliphatic heterocycles. The lowest BCUT2D eigenvalue weighted by Gasteiger charge is -2.12. The third-order valence-electron chi connectivity index (χ3n) is 3.83. The van der Waals surface area contributed by atoms with E-state index in [9.17, 15) is 4.79 Å². The molecular weight excluding hydrogens is 266 g/mol. The van der Waals surface area contributed by atoms with Crippen molar-refractivity contribution in [3.63, 3.8) is 0 Å². The van der Waals surface area contributed by atoms with Crippen molar-refractivity contribution in [2.45, 2.75) is 19.3 Å². The fourth-order valence-electron chi connectivity index (χ4n) is 2.75. The van der Waals surface area contributed by atoms with Gasteiger partial charge in [0.25, 0.3) is 5.91 Å². The molecule has 0 spiro atoms. The summed E-state index contributed by atoms with van der Waals surface area (Å²) >= 11 is 0. The van der Waals surface area contributed by atoms with Gasteiger partial charge in [-0.3, -0.25) is 9.89 Å². The second-order valence-corrected chi connectivity index (χ2v) is 5.33. The number of carbonyl (C=O) groups excluding carboxylic acids is 1. The van der Waals surface area contributed by atoms with E-state index in [1.807, 2.05) is 32.2 Å². The normalized spacial score (nSPS) is 16.9. The zero-order chi connectivity index (χ0) is 14.8. The predicted octanol–water partition coefficient (Wildman–Crippen LogP) is 1.53. The lowest BCUT2D eigenvalue weighted by molar-refractivity contribution is 0.0953. The minimum absolute atomic E-state index is 0.0227. The van der Waals surface area contributed by atoms with Gasteiger partial charge < -0.3 is 10.2 Å². The first kappa shape index (κ1) is 13.6. The number of benzene rings is 1. The number of anilines is 1. The molecule has 0 aliphatic carbocycles. The van der Waals surface area contributed by atoms with Gasteiger partial charge in [0, 0.05) is 31.4 Å². The summed E-state index contributed by atoms with van der Waals surface area (Å²) in [5.74, 6) is 0.948. The molecule has 2 N–H and O–H groups in total. The van der Waals surface area contributed by atoms with Crippen LogP contribution in [0.25, 0.3) is 0 Å². The molecule has 2 aromatic rings. The average molecular weight is 285 g/mol. The molecule has 3 rings (SSSR count). The monoisotopic (exact) mass is 285 g/mol. The number of nitrogens with zero attached hydrogens (tertiary/aromatic N) is 3.